The molecule has 1 aromatic heterocycles. The van der Waals surface area contributed by atoms with Crippen molar-refractivity contribution in [2.45, 2.75) is 44.3 Å². The van der Waals surface area contributed by atoms with E-state index in [0.717, 1.165) is 16.8 Å². The first-order chi connectivity index (χ1) is 20.6. The molecule has 4 rings (SSSR count). The van der Waals surface area contributed by atoms with Crippen molar-refractivity contribution in [2.75, 3.05) is 13.1 Å². The number of thioether (sulfide) groups is 1. The van der Waals surface area contributed by atoms with Gasteiger partial charge in [-0.25, -0.2) is 14.6 Å². The summed E-state index contributed by atoms with van der Waals surface area (Å²) in [4.78, 5) is 63.7. The maximum Gasteiger partial charge on any atom is 0.410 e. The average molecular weight is 630 g/mol. The van der Waals surface area contributed by atoms with Crippen molar-refractivity contribution in [1.29, 1.82) is 0 Å². The van der Waals surface area contributed by atoms with Gasteiger partial charge in [0.2, 0.25) is 0 Å². The number of nitrogens with one attached hydrogen (secondary N) is 1. The number of aromatic nitrogens is 1. The van der Waals surface area contributed by atoms with Crippen LogP contribution in [0.15, 0.2) is 53.9 Å². The van der Waals surface area contributed by atoms with E-state index in [-0.39, 0.29) is 41.5 Å². The molecule has 1 aliphatic heterocycles. The van der Waals surface area contributed by atoms with Gasteiger partial charge in [0.15, 0.2) is 5.12 Å². The molecule has 43 heavy (non-hydrogen) atoms. The number of nitro benzene ring substituents is 2. The second-order valence-electron chi connectivity index (χ2n) is 9.46. The molecule has 1 fully saturated rings. The maximum atomic E-state index is 13.1. The second kappa shape index (κ2) is 14.6. The second-order valence-corrected chi connectivity index (χ2v) is 11.9. The van der Waals surface area contributed by atoms with Gasteiger partial charge in [-0.05, 0) is 41.8 Å². The monoisotopic (exact) mass is 629 g/mol. The lowest BCUT2D eigenvalue weighted by Gasteiger charge is -2.22. The lowest BCUT2D eigenvalue weighted by Crippen LogP contribution is -2.32. The molecule has 1 N–H and O–H groups in total. The summed E-state index contributed by atoms with van der Waals surface area (Å²) in [5, 5.41) is 26.6. The van der Waals surface area contributed by atoms with Crippen molar-refractivity contribution >= 4 is 51.8 Å². The maximum absolute atomic E-state index is 13.1. The van der Waals surface area contributed by atoms with Gasteiger partial charge in [0.05, 0.1) is 26.6 Å². The van der Waals surface area contributed by atoms with Crippen molar-refractivity contribution in [3.05, 3.63) is 96.0 Å². The number of nitrogens with zero attached hydrogens (tertiary/aromatic N) is 4. The number of likely N-dealkylation sites (tertiary alicyclic amines) is 1. The molecule has 226 valence electrons. The van der Waals surface area contributed by atoms with Crippen LogP contribution in [0.3, 0.4) is 0 Å². The normalized spacial score (nSPS) is 16.0. The van der Waals surface area contributed by atoms with Crippen LogP contribution in [0, 0.1) is 20.2 Å². The highest BCUT2D eigenvalue weighted by atomic mass is 32.2. The fraction of sp³-hybridized carbons (Fsp3) is 0.333. The third kappa shape index (κ3) is 8.96. The van der Waals surface area contributed by atoms with Crippen LogP contribution in [0.5, 0.6) is 0 Å². The molecule has 14 nitrogen and oxygen atoms in total. The highest BCUT2D eigenvalue weighted by Crippen LogP contribution is 2.38. The number of nitro groups is 2. The summed E-state index contributed by atoms with van der Waals surface area (Å²) in [6, 6.07) is 11.0. The number of alkyl carbamates (subject to hydrolysis) is 1. The quantitative estimate of drug-likeness (QED) is 0.218. The number of hydrogen-bond donors (Lipinski definition) is 1. The van der Waals surface area contributed by atoms with E-state index in [9.17, 15) is 34.6 Å². The number of ether oxygens (including phenoxy) is 2. The Labute approximate surface area is 253 Å². The standard InChI is InChI=1S/C27H27N5O9S2/c1-17(33)43-22-12-24(30(13-22)27(35)41-15-19-4-8-21(9-5-19)32(38)39)23-16-42-25(29-23)10-11-28-26(34)40-14-18-2-6-20(7-3-18)31(36)37/h2-9,16,22,24H,10-15H2,1H3,(H,28,34)/t22-,24-/m0/s1. The number of benzene rings is 2. The summed E-state index contributed by atoms with van der Waals surface area (Å²) in [5.41, 5.74) is 1.74. The molecule has 1 saturated heterocycles. The van der Waals surface area contributed by atoms with Gasteiger partial charge in [-0.3, -0.25) is 29.9 Å². The van der Waals surface area contributed by atoms with Gasteiger partial charge in [0.25, 0.3) is 11.4 Å². The zero-order chi connectivity index (χ0) is 30.9. The summed E-state index contributed by atoms with van der Waals surface area (Å²) in [6.07, 6.45) is -0.299. The molecule has 2 aromatic carbocycles. The van der Waals surface area contributed by atoms with Crippen molar-refractivity contribution in [1.82, 2.24) is 15.2 Å². The number of non-ortho nitro benzene ring substituents is 2. The van der Waals surface area contributed by atoms with Crippen molar-refractivity contribution in [3.8, 4) is 0 Å². The zero-order valence-corrected chi connectivity index (χ0v) is 24.5. The Hall–Kier alpha value is -4.57. The molecular weight excluding hydrogens is 602 g/mol. The molecule has 2 heterocycles. The van der Waals surface area contributed by atoms with Crippen LogP contribution in [0.1, 0.15) is 41.2 Å². The Morgan fingerprint density at radius 2 is 1.58 bits per heavy atom. The van der Waals surface area contributed by atoms with Gasteiger partial charge in [-0.2, -0.15) is 0 Å². The van der Waals surface area contributed by atoms with E-state index in [2.05, 4.69) is 10.3 Å². The molecule has 0 spiro atoms. The van der Waals surface area contributed by atoms with Crippen LogP contribution in [-0.2, 0) is 33.9 Å². The zero-order valence-electron chi connectivity index (χ0n) is 22.9. The fourth-order valence-electron chi connectivity index (χ4n) is 4.32. The van der Waals surface area contributed by atoms with Gasteiger partial charge in [0, 0.05) is 61.3 Å². The van der Waals surface area contributed by atoms with Crippen LogP contribution in [0.25, 0.3) is 0 Å². The van der Waals surface area contributed by atoms with E-state index < -0.39 is 28.1 Å². The summed E-state index contributed by atoms with van der Waals surface area (Å²) >= 11 is 2.54. The highest BCUT2D eigenvalue weighted by Gasteiger charge is 2.39. The third-order valence-corrected chi connectivity index (χ3v) is 8.31. The van der Waals surface area contributed by atoms with E-state index >= 15 is 0 Å². The van der Waals surface area contributed by atoms with Crippen molar-refractivity contribution in [3.63, 3.8) is 0 Å². The van der Waals surface area contributed by atoms with Gasteiger partial charge in [0.1, 0.15) is 13.2 Å². The molecular formula is C27H27N5O9S2. The molecule has 0 saturated carbocycles. The Morgan fingerprint density at radius 3 is 2.14 bits per heavy atom. The summed E-state index contributed by atoms with van der Waals surface area (Å²) in [6.45, 7) is 1.91. The summed E-state index contributed by atoms with van der Waals surface area (Å²) in [5.74, 6) is 0. The van der Waals surface area contributed by atoms with Crippen LogP contribution >= 0.6 is 23.1 Å². The van der Waals surface area contributed by atoms with Crippen LogP contribution in [0.4, 0.5) is 21.0 Å². The van der Waals surface area contributed by atoms with E-state index in [1.165, 1.54) is 66.8 Å². The molecule has 2 atom stereocenters. The van der Waals surface area contributed by atoms with E-state index in [1.54, 1.807) is 4.90 Å². The smallest absolute Gasteiger partial charge is 0.410 e. The number of thiazole rings is 1. The third-order valence-electron chi connectivity index (χ3n) is 6.38. The number of carbonyl (C=O) groups is 3. The van der Waals surface area contributed by atoms with Crippen LogP contribution < -0.4 is 5.32 Å². The number of amides is 2. The Kier molecular flexibility index (Phi) is 10.6. The van der Waals surface area contributed by atoms with Gasteiger partial charge < -0.3 is 14.8 Å². The molecule has 0 radical (unpaired) electrons. The minimum Gasteiger partial charge on any atom is -0.445 e. The molecule has 0 bridgehead atoms. The van der Waals surface area contributed by atoms with Gasteiger partial charge >= 0.3 is 12.2 Å². The van der Waals surface area contributed by atoms with Crippen LogP contribution in [0.2, 0.25) is 0 Å². The number of rotatable bonds is 11. The Bertz CT molecular complexity index is 1480. The van der Waals surface area contributed by atoms with Crippen LogP contribution in [-0.4, -0.2) is 55.4 Å². The summed E-state index contributed by atoms with van der Waals surface area (Å²) in [7, 11) is 0. The molecule has 0 aliphatic carbocycles. The van der Waals surface area contributed by atoms with Gasteiger partial charge in [-0.1, -0.05) is 11.8 Å². The van der Waals surface area contributed by atoms with E-state index in [4.69, 9.17) is 9.47 Å². The average Bonchev–Trinajstić information content (AvgIpc) is 3.62. The molecule has 3 aromatic rings. The topological polar surface area (TPSA) is 184 Å². The fourth-order valence-corrected chi connectivity index (χ4v) is 6.15. The van der Waals surface area contributed by atoms with Gasteiger partial charge in [-0.15, -0.1) is 11.3 Å². The first kappa shape index (κ1) is 31.4. The number of hydrogen-bond acceptors (Lipinski definition) is 12. The minimum atomic E-state index is -0.642. The minimum absolute atomic E-state index is 0.0392. The predicted octanol–water partition coefficient (Wildman–Crippen LogP) is 5.16. The van der Waals surface area contributed by atoms with Crippen molar-refractivity contribution < 1.29 is 33.7 Å². The lowest BCUT2D eigenvalue weighted by atomic mass is 10.1. The first-order valence-electron chi connectivity index (χ1n) is 13.0. The Balaban J connectivity index is 1.29. The molecule has 2 amide bonds. The molecule has 1 aliphatic rings. The first-order valence-corrected chi connectivity index (χ1v) is 14.8. The highest BCUT2D eigenvalue weighted by molar-refractivity contribution is 8.14. The SMILES string of the molecule is CC(=O)S[C@H]1C[C@@H](c2csc(CCNC(=O)OCc3ccc([N+](=O)[O-])cc3)n2)N(C(=O)OCc2ccc([N+](=O)[O-])cc2)C1. The van der Waals surface area contributed by atoms with E-state index in [1.807, 2.05) is 5.38 Å². The van der Waals surface area contributed by atoms with E-state index in [0.29, 0.717) is 36.2 Å². The summed E-state index contributed by atoms with van der Waals surface area (Å²) < 4.78 is 10.6. The molecule has 0 unspecified atom stereocenters. The largest absolute Gasteiger partial charge is 0.445 e. The number of carbonyl (C=O) groups excluding carboxylic acids is 3. The van der Waals surface area contributed by atoms with Crippen molar-refractivity contribution in [2.24, 2.45) is 0 Å². The Morgan fingerprint density at radius 1 is 1.00 bits per heavy atom. The lowest BCUT2D eigenvalue weighted by molar-refractivity contribution is -0.385. The predicted molar refractivity (Wildman–Crippen MR) is 157 cm³/mol. The molecule has 16 heteroatoms.